The molecule has 0 aromatic rings. The van der Waals surface area contributed by atoms with Gasteiger partial charge in [-0.15, -0.1) is 0 Å². The summed E-state index contributed by atoms with van der Waals surface area (Å²) >= 11 is 0. The van der Waals surface area contributed by atoms with E-state index in [4.69, 9.17) is 0 Å². The Labute approximate surface area is 285 Å². The second kappa shape index (κ2) is 36.2. The van der Waals surface area contributed by atoms with E-state index in [-0.39, 0.29) is 6.61 Å². The zero-order valence-corrected chi connectivity index (χ0v) is 30.2. The molecular weight excluding hydrogens is 570 g/mol. The van der Waals surface area contributed by atoms with E-state index in [0.29, 0.717) is 6.42 Å². The number of nitrogens with one attached hydrogen (secondary N) is 1. The first-order valence-corrected chi connectivity index (χ1v) is 19.5. The first kappa shape index (κ1) is 44.3. The van der Waals surface area contributed by atoms with E-state index in [0.717, 1.165) is 38.5 Å². The largest absolute Gasteiger partial charge is 0.394 e. The van der Waals surface area contributed by atoms with Crippen molar-refractivity contribution in [2.45, 2.75) is 199 Å². The van der Waals surface area contributed by atoms with Crippen molar-refractivity contribution in [3.63, 3.8) is 0 Å². The molecule has 0 aromatic heterocycles. The summed E-state index contributed by atoms with van der Waals surface area (Å²) in [5.41, 5.74) is 0. The van der Waals surface area contributed by atoms with Gasteiger partial charge in [-0.05, 0) is 57.8 Å². The minimum atomic E-state index is -1.11. The Hall–Kier alpha value is -1.69. The molecule has 0 aliphatic heterocycles. The predicted molar refractivity (Wildman–Crippen MR) is 199 cm³/mol. The van der Waals surface area contributed by atoms with E-state index in [1.54, 1.807) is 6.08 Å². The molecule has 0 saturated carbocycles. The number of unbranched alkanes of at least 4 members (excludes halogenated alkanes) is 21. The lowest BCUT2D eigenvalue weighted by Gasteiger charge is -2.21. The zero-order chi connectivity index (χ0) is 33.8. The highest BCUT2D eigenvalue weighted by Crippen LogP contribution is 2.13. The van der Waals surface area contributed by atoms with Gasteiger partial charge in [-0.2, -0.15) is 0 Å². The van der Waals surface area contributed by atoms with Crippen molar-refractivity contribution in [1.82, 2.24) is 5.32 Å². The summed E-state index contributed by atoms with van der Waals surface area (Å²) in [5.74, 6) is -0.520. The second-order valence-electron chi connectivity index (χ2n) is 13.2. The lowest BCUT2D eigenvalue weighted by Crippen LogP contribution is -2.48. The van der Waals surface area contributed by atoms with E-state index in [2.05, 4.69) is 55.6 Å². The molecule has 0 spiro atoms. The third-order valence-electron chi connectivity index (χ3n) is 8.67. The maximum atomic E-state index is 12.4. The van der Waals surface area contributed by atoms with Crippen molar-refractivity contribution >= 4 is 5.91 Å². The van der Waals surface area contributed by atoms with Gasteiger partial charge >= 0.3 is 0 Å². The van der Waals surface area contributed by atoms with Crippen LogP contribution in [0.2, 0.25) is 0 Å². The van der Waals surface area contributed by atoms with Crippen LogP contribution in [-0.2, 0) is 4.79 Å². The lowest BCUT2D eigenvalue weighted by atomic mass is 10.0. The molecule has 0 aliphatic carbocycles. The van der Waals surface area contributed by atoms with E-state index >= 15 is 0 Å². The first-order chi connectivity index (χ1) is 22.6. The Kier molecular flexibility index (Phi) is 34.8. The van der Waals surface area contributed by atoms with Crippen LogP contribution in [0.15, 0.2) is 48.6 Å². The quantitative estimate of drug-likeness (QED) is 0.0318. The normalized spacial score (nSPS) is 14.3. The number of amides is 1. The van der Waals surface area contributed by atoms with Crippen LogP contribution in [0, 0.1) is 0 Å². The van der Waals surface area contributed by atoms with Gasteiger partial charge in [0.05, 0.1) is 18.8 Å². The molecule has 0 heterocycles. The van der Waals surface area contributed by atoms with Gasteiger partial charge in [-0.1, -0.05) is 172 Å². The Morgan fingerprint density at radius 3 is 1.50 bits per heavy atom. The van der Waals surface area contributed by atoms with Crippen LogP contribution >= 0.6 is 0 Å². The van der Waals surface area contributed by atoms with Gasteiger partial charge < -0.3 is 20.6 Å². The highest BCUT2D eigenvalue weighted by molar-refractivity contribution is 5.80. The van der Waals surface area contributed by atoms with Crippen molar-refractivity contribution in [2.75, 3.05) is 6.61 Å². The van der Waals surface area contributed by atoms with Gasteiger partial charge in [0.1, 0.15) is 6.10 Å². The van der Waals surface area contributed by atoms with Crippen LogP contribution in [0.5, 0.6) is 0 Å². The molecule has 5 nitrogen and oxygen atoms in total. The van der Waals surface area contributed by atoms with E-state index in [1.807, 2.05) is 6.08 Å². The summed E-state index contributed by atoms with van der Waals surface area (Å²) < 4.78 is 0. The number of carbonyl (C=O) groups is 1. The smallest absolute Gasteiger partial charge is 0.249 e. The molecule has 268 valence electrons. The van der Waals surface area contributed by atoms with Crippen LogP contribution in [-0.4, -0.2) is 46.1 Å². The van der Waals surface area contributed by atoms with Gasteiger partial charge in [0.25, 0.3) is 0 Å². The number of hydrogen-bond acceptors (Lipinski definition) is 4. The maximum Gasteiger partial charge on any atom is 0.249 e. The number of aliphatic hydroxyl groups is 3. The first-order valence-electron chi connectivity index (χ1n) is 19.5. The summed E-state index contributed by atoms with van der Waals surface area (Å²) in [7, 11) is 0. The minimum absolute atomic E-state index is 0.379. The highest BCUT2D eigenvalue weighted by atomic mass is 16.3. The molecule has 0 aliphatic rings. The summed E-state index contributed by atoms with van der Waals surface area (Å²) in [6, 6.07) is -0.816. The Morgan fingerprint density at radius 1 is 0.543 bits per heavy atom. The molecule has 4 N–H and O–H groups in total. The van der Waals surface area contributed by atoms with Crippen LogP contribution in [0.1, 0.15) is 181 Å². The Morgan fingerprint density at radius 2 is 0.957 bits per heavy atom. The van der Waals surface area contributed by atoms with E-state index < -0.39 is 24.2 Å². The average molecular weight is 646 g/mol. The summed E-state index contributed by atoms with van der Waals surface area (Å²) in [5, 5.41) is 33.0. The third-order valence-corrected chi connectivity index (χ3v) is 8.67. The van der Waals surface area contributed by atoms with Gasteiger partial charge in [-0.25, -0.2) is 0 Å². The molecule has 0 aromatic carbocycles. The molecular formula is C41H75NO4. The maximum absolute atomic E-state index is 12.4. The fourth-order valence-electron chi connectivity index (χ4n) is 5.54. The topological polar surface area (TPSA) is 89.8 Å². The van der Waals surface area contributed by atoms with Gasteiger partial charge in [0, 0.05) is 0 Å². The summed E-state index contributed by atoms with van der Waals surface area (Å²) in [6.07, 6.45) is 45.5. The molecule has 3 atom stereocenters. The number of rotatable bonds is 34. The monoisotopic (exact) mass is 646 g/mol. The number of carbonyl (C=O) groups excluding carboxylic acids is 1. The fourth-order valence-corrected chi connectivity index (χ4v) is 5.54. The summed E-state index contributed by atoms with van der Waals surface area (Å²) in [6.45, 7) is 4.11. The molecule has 3 unspecified atom stereocenters. The van der Waals surface area contributed by atoms with Crippen molar-refractivity contribution < 1.29 is 20.1 Å². The van der Waals surface area contributed by atoms with Crippen molar-refractivity contribution in [1.29, 1.82) is 0 Å². The molecule has 0 rings (SSSR count). The van der Waals surface area contributed by atoms with Crippen LogP contribution < -0.4 is 5.32 Å². The Bertz CT molecular complexity index is 760. The molecule has 0 radical (unpaired) electrons. The molecule has 5 heteroatoms. The predicted octanol–water partition coefficient (Wildman–Crippen LogP) is 10.6. The van der Waals surface area contributed by atoms with Gasteiger partial charge in [0.15, 0.2) is 0 Å². The van der Waals surface area contributed by atoms with Crippen LogP contribution in [0.4, 0.5) is 0 Å². The van der Waals surface area contributed by atoms with E-state index in [9.17, 15) is 20.1 Å². The van der Waals surface area contributed by atoms with Gasteiger partial charge in [-0.3, -0.25) is 4.79 Å². The summed E-state index contributed by atoms with van der Waals surface area (Å²) in [4.78, 5) is 12.4. The standard InChI is InChI=1S/C41H75NO4/c1-3-5-7-9-11-13-15-17-19-20-21-22-24-26-28-30-32-34-36-40(45)41(46)42-38(37-43)39(44)35-33-31-29-27-25-23-18-16-14-12-10-8-6-4-2/h11,13,15,17,25,27,33,35,38-40,43-45H,3-10,12,14,16,18-24,26,28-32,34,36-37H2,1-2H3,(H,42,46)/b13-11-,17-15-,27-25+,35-33+. The minimum Gasteiger partial charge on any atom is -0.394 e. The Balaban J connectivity index is 3.78. The average Bonchev–Trinajstić information content (AvgIpc) is 3.06. The SMILES string of the molecule is CCCCC/C=C\C=C/CCCCCCCCCCCC(O)C(=O)NC(CO)C(O)/C=C/CC/C=C/CCCCCCCCCC. The molecule has 0 saturated heterocycles. The second-order valence-corrected chi connectivity index (χ2v) is 13.2. The third kappa shape index (κ3) is 30.9. The lowest BCUT2D eigenvalue weighted by molar-refractivity contribution is -0.131. The molecule has 1 amide bonds. The molecule has 46 heavy (non-hydrogen) atoms. The van der Waals surface area contributed by atoms with Crippen molar-refractivity contribution in [3.05, 3.63) is 48.6 Å². The number of hydrogen-bond donors (Lipinski definition) is 4. The highest BCUT2D eigenvalue weighted by Gasteiger charge is 2.22. The fraction of sp³-hybridized carbons (Fsp3) is 0.780. The van der Waals surface area contributed by atoms with Crippen molar-refractivity contribution in [2.24, 2.45) is 0 Å². The molecule has 0 bridgehead atoms. The van der Waals surface area contributed by atoms with Crippen molar-refractivity contribution in [3.8, 4) is 0 Å². The van der Waals surface area contributed by atoms with Crippen LogP contribution in [0.3, 0.4) is 0 Å². The van der Waals surface area contributed by atoms with E-state index in [1.165, 1.54) is 122 Å². The van der Waals surface area contributed by atoms with Crippen LogP contribution in [0.25, 0.3) is 0 Å². The van der Waals surface area contributed by atoms with Gasteiger partial charge in [0.2, 0.25) is 5.91 Å². The number of aliphatic hydroxyl groups excluding tert-OH is 3. The molecule has 0 fully saturated rings. The zero-order valence-electron chi connectivity index (χ0n) is 30.2. The number of allylic oxidation sites excluding steroid dienone is 7.